The second-order valence-corrected chi connectivity index (χ2v) is 13.1. The molecule has 1 aliphatic rings. The molecule has 1 aromatic carbocycles. The van der Waals surface area contributed by atoms with Crippen LogP contribution in [0.2, 0.25) is 0 Å². The SMILES string of the molecule is CC(C)OC(=O)[C@@](C)(C(=O)[C@H]1NC(C)(C)CS1)N(c1ccc(OC(=O)N(C)C)cc1)S(=O)(=O)c1ccccn1. The zero-order valence-corrected chi connectivity index (χ0v) is 24.6. The molecule has 0 unspecified atom stereocenters. The first-order chi connectivity index (χ1) is 18.1. The van der Waals surface area contributed by atoms with Crippen molar-refractivity contribution in [2.75, 3.05) is 24.2 Å². The number of nitrogens with one attached hydrogen (secondary N) is 1. The lowest BCUT2D eigenvalue weighted by atomic mass is 9.94. The first-order valence-electron chi connectivity index (χ1n) is 12.2. The summed E-state index contributed by atoms with van der Waals surface area (Å²) in [5.74, 6) is -1.01. The van der Waals surface area contributed by atoms with Gasteiger partial charge in [0.15, 0.2) is 10.8 Å². The number of benzene rings is 1. The predicted octanol–water partition coefficient (Wildman–Crippen LogP) is 3.06. The number of carbonyl (C=O) groups excluding carboxylic acids is 3. The van der Waals surface area contributed by atoms with Crippen LogP contribution in [-0.2, 0) is 24.3 Å². The number of Topliss-reactive ketones (excluding diaryl/α,β-unsaturated/α-hetero) is 1. The van der Waals surface area contributed by atoms with Gasteiger partial charge in [-0.1, -0.05) is 6.07 Å². The molecule has 1 fully saturated rings. The maximum Gasteiger partial charge on any atom is 0.414 e. The van der Waals surface area contributed by atoms with E-state index in [4.69, 9.17) is 9.47 Å². The number of rotatable bonds is 9. The molecule has 1 aromatic heterocycles. The highest BCUT2D eigenvalue weighted by Crippen LogP contribution is 2.38. The summed E-state index contributed by atoms with van der Waals surface area (Å²) in [5, 5.41) is 1.94. The standard InChI is InChI=1S/C26H34N4O7S2/c1-17(2)36-23(32)26(5,21(31)22-28-25(3,4)16-38-22)30(39(34,35)20-10-8-9-15-27-20)18-11-13-19(14-12-18)37-24(33)29(6)7/h8-15,17,22,28H,16H2,1-7H3/t22-,26+/m0/s1. The van der Waals surface area contributed by atoms with Crippen LogP contribution in [0.25, 0.3) is 0 Å². The molecular formula is C26H34N4O7S2. The number of nitrogens with zero attached hydrogens (tertiary/aromatic N) is 3. The summed E-state index contributed by atoms with van der Waals surface area (Å²) >= 11 is 1.28. The molecule has 1 saturated heterocycles. The molecular weight excluding hydrogens is 544 g/mol. The van der Waals surface area contributed by atoms with E-state index in [1.54, 1.807) is 19.9 Å². The lowest BCUT2D eigenvalue weighted by Crippen LogP contribution is -2.65. The highest BCUT2D eigenvalue weighted by molar-refractivity contribution is 8.01. The summed E-state index contributed by atoms with van der Waals surface area (Å²) in [6.07, 6.45) is 0.0443. The van der Waals surface area contributed by atoms with Crippen LogP contribution >= 0.6 is 11.8 Å². The van der Waals surface area contributed by atoms with E-state index < -0.39 is 50.4 Å². The third-order valence-corrected chi connectivity index (χ3v) is 9.16. The Morgan fingerprint density at radius 2 is 1.77 bits per heavy atom. The topological polar surface area (TPSA) is 135 Å². The smallest absolute Gasteiger partial charge is 0.414 e. The zero-order chi connectivity index (χ0) is 29.2. The van der Waals surface area contributed by atoms with E-state index in [9.17, 15) is 22.8 Å². The molecule has 13 heteroatoms. The minimum Gasteiger partial charge on any atom is -0.461 e. The monoisotopic (exact) mass is 578 g/mol. The average Bonchev–Trinajstić information content (AvgIpc) is 3.23. The van der Waals surface area contributed by atoms with E-state index in [-0.39, 0.29) is 16.5 Å². The largest absolute Gasteiger partial charge is 0.461 e. The Balaban J connectivity index is 2.22. The third kappa shape index (κ3) is 6.53. The van der Waals surface area contributed by atoms with Gasteiger partial charge in [0.1, 0.15) is 11.1 Å². The van der Waals surface area contributed by atoms with E-state index in [0.29, 0.717) is 5.75 Å². The van der Waals surface area contributed by atoms with Crippen molar-refractivity contribution in [1.29, 1.82) is 0 Å². The van der Waals surface area contributed by atoms with Crippen LogP contribution in [0.4, 0.5) is 10.5 Å². The molecule has 2 aromatic rings. The lowest BCUT2D eigenvalue weighted by molar-refractivity contribution is -0.156. The van der Waals surface area contributed by atoms with Crippen molar-refractivity contribution in [2.24, 2.45) is 0 Å². The molecule has 39 heavy (non-hydrogen) atoms. The van der Waals surface area contributed by atoms with Gasteiger partial charge >= 0.3 is 12.1 Å². The van der Waals surface area contributed by atoms with Gasteiger partial charge < -0.3 is 14.4 Å². The Kier molecular flexibility index (Phi) is 8.98. The summed E-state index contributed by atoms with van der Waals surface area (Å²) in [5.41, 5.74) is -2.77. The Morgan fingerprint density at radius 1 is 1.13 bits per heavy atom. The van der Waals surface area contributed by atoms with Crippen LogP contribution < -0.4 is 14.4 Å². The number of ketones is 1. The number of carbonyl (C=O) groups is 3. The van der Waals surface area contributed by atoms with Gasteiger partial charge in [0.05, 0.1) is 11.8 Å². The van der Waals surface area contributed by atoms with E-state index in [2.05, 4.69) is 10.3 Å². The number of sulfonamides is 1. The quantitative estimate of drug-likeness (QED) is 0.349. The fourth-order valence-electron chi connectivity index (χ4n) is 3.81. The number of anilines is 1. The number of amides is 1. The molecule has 1 amide bonds. The molecule has 0 aliphatic carbocycles. The molecule has 3 rings (SSSR count). The number of pyridine rings is 1. The molecule has 0 spiro atoms. The molecule has 2 heterocycles. The van der Waals surface area contributed by atoms with Gasteiger partial charge in [-0.05, 0) is 71.0 Å². The molecule has 11 nitrogen and oxygen atoms in total. The van der Waals surface area contributed by atoms with Crippen LogP contribution in [0.5, 0.6) is 5.75 Å². The minimum atomic E-state index is -4.60. The van der Waals surface area contributed by atoms with Crippen molar-refractivity contribution >= 4 is 45.3 Å². The maximum atomic E-state index is 14.2. The van der Waals surface area contributed by atoms with E-state index in [1.165, 1.54) is 80.3 Å². The highest BCUT2D eigenvalue weighted by atomic mass is 32.2. The van der Waals surface area contributed by atoms with Crippen LogP contribution in [0.1, 0.15) is 34.6 Å². The molecule has 2 atom stereocenters. The van der Waals surface area contributed by atoms with Gasteiger partial charge in [-0.25, -0.2) is 18.9 Å². The van der Waals surface area contributed by atoms with Crippen LogP contribution in [0, 0.1) is 0 Å². The second kappa shape index (κ2) is 11.5. The van der Waals surface area contributed by atoms with Crippen LogP contribution in [-0.4, -0.2) is 78.6 Å². The highest BCUT2D eigenvalue weighted by Gasteiger charge is 2.57. The summed E-state index contributed by atoms with van der Waals surface area (Å²) in [4.78, 5) is 45.1. The molecule has 0 bridgehead atoms. The number of aromatic nitrogens is 1. The first-order valence-corrected chi connectivity index (χ1v) is 14.7. The second-order valence-electron chi connectivity index (χ2n) is 10.3. The molecule has 212 valence electrons. The lowest BCUT2D eigenvalue weighted by Gasteiger charge is -2.39. The number of hydrogen-bond acceptors (Lipinski definition) is 10. The van der Waals surface area contributed by atoms with E-state index in [1.807, 2.05) is 13.8 Å². The number of thioether (sulfide) groups is 1. The predicted molar refractivity (Wildman–Crippen MR) is 148 cm³/mol. The van der Waals surface area contributed by atoms with Gasteiger partial charge in [0.2, 0.25) is 5.54 Å². The van der Waals surface area contributed by atoms with Crippen LogP contribution in [0.3, 0.4) is 0 Å². The van der Waals surface area contributed by atoms with Gasteiger partial charge in [-0.3, -0.25) is 10.1 Å². The normalized spacial score (nSPS) is 18.2. The molecule has 0 saturated carbocycles. The summed E-state index contributed by atoms with van der Waals surface area (Å²) in [7, 11) is -1.56. The Bertz CT molecular complexity index is 1320. The fourth-order valence-corrected chi connectivity index (χ4v) is 6.94. The maximum absolute atomic E-state index is 14.2. The fraction of sp³-hybridized carbons (Fsp3) is 0.462. The molecule has 1 aliphatic heterocycles. The number of ether oxygens (including phenoxy) is 2. The summed E-state index contributed by atoms with van der Waals surface area (Å²) in [6, 6.07) is 9.78. The molecule has 0 radical (unpaired) electrons. The first kappa shape index (κ1) is 30.4. The minimum absolute atomic E-state index is 0.0240. The Labute approximate surface area is 233 Å². The Hall–Kier alpha value is -3.16. The van der Waals surface area contributed by atoms with E-state index >= 15 is 0 Å². The van der Waals surface area contributed by atoms with Crippen molar-refractivity contribution < 1.29 is 32.3 Å². The van der Waals surface area contributed by atoms with Gasteiger partial charge in [-0.15, -0.1) is 11.8 Å². The third-order valence-electron chi connectivity index (χ3n) is 5.78. The van der Waals surface area contributed by atoms with Crippen molar-refractivity contribution in [2.45, 2.75) is 62.2 Å². The zero-order valence-electron chi connectivity index (χ0n) is 23.0. The summed E-state index contributed by atoms with van der Waals surface area (Å²) in [6.45, 7) is 8.29. The average molecular weight is 579 g/mol. The van der Waals surface area contributed by atoms with Crippen molar-refractivity contribution in [3.63, 3.8) is 0 Å². The number of esters is 1. The number of hydrogen-bond donors (Lipinski definition) is 1. The van der Waals surface area contributed by atoms with Gasteiger partial charge in [0, 0.05) is 31.6 Å². The van der Waals surface area contributed by atoms with Crippen molar-refractivity contribution in [3.8, 4) is 5.75 Å². The summed E-state index contributed by atoms with van der Waals surface area (Å²) < 4.78 is 39.8. The molecule has 1 N–H and O–H groups in total. The van der Waals surface area contributed by atoms with Crippen LogP contribution in [0.15, 0.2) is 53.7 Å². The van der Waals surface area contributed by atoms with Crippen molar-refractivity contribution in [3.05, 3.63) is 48.7 Å². The van der Waals surface area contributed by atoms with Gasteiger partial charge in [-0.2, -0.15) is 8.42 Å². The Morgan fingerprint density at radius 3 is 2.26 bits per heavy atom. The van der Waals surface area contributed by atoms with Crippen molar-refractivity contribution in [1.82, 2.24) is 15.2 Å². The van der Waals surface area contributed by atoms with Gasteiger partial charge in [0.25, 0.3) is 10.0 Å². The van der Waals surface area contributed by atoms with E-state index in [0.717, 1.165) is 4.31 Å².